The number of nitrogens with one attached hydrogen (secondary N) is 1. The molecule has 0 spiro atoms. The average molecular weight is 289 g/mol. The summed E-state index contributed by atoms with van der Waals surface area (Å²) in [5, 5.41) is 12.4. The third kappa shape index (κ3) is 3.09. The third-order valence-electron chi connectivity index (χ3n) is 4.65. The summed E-state index contributed by atoms with van der Waals surface area (Å²) >= 11 is 0. The number of carboxylic acid groups (broad SMARTS) is 1. The number of rotatable bonds is 4. The molecule has 1 aromatic carbocycles. The Morgan fingerprint density at radius 2 is 1.71 bits per heavy atom. The normalized spacial score (nSPS) is 20.3. The average Bonchev–Trinajstić information content (AvgIpc) is 2.48. The number of aliphatic carboxylic acids is 1. The first kappa shape index (κ1) is 15.5. The zero-order valence-electron chi connectivity index (χ0n) is 12.7. The fourth-order valence-electron chi connectivity index (χ4n) is 2.96. The van der Waals surface area contributed by atoms with Gasteiger partial charge in [0.25, 0.3) is 0 Å². The molecule has 0 aliphatic heterocycles. The minimum absolute atomic E-state index is 0.157. The van der Waals surface area contributed by atoms with Crippen molar-refractivity contribution in [1.82, 2.24) is 5.32 Å². The van der Waals surface area contributed by atoms with Gasteiger partial charge in [-0.15, -0.1) is 0 Å². The van der Waals surface area contributed by atoms with Crippen molar-refractivity contribution in [2.24, 2.45) is 5.41 Å². The van der Waals surface area contributed by atoms with E-state index in [1.54, 1.807) is 31.2 Å². The number of hydrogen-bond donors (Lipinski definition) is 2. The first-order chi connectivity index (χ1) is 9.88. The Morgan fingerprint density at radius 3 is 2.24 bits per heavy atom. The van der Waals surface area contributed by atoms with Crippen LogP contribution in [0.1, 0.15) is 51.5 Å². The molecule has 0 bridgehead atoms. The van der Waals surface area contributed by atoms with Gasteiger partial charge < -0.3 is 10.4 Å². The van der Waals surface area contributed by atoms with Gasteiger partial charge in [0, 0.05) is 5.41 Å². The van der Waals surface area contributed by atoms with E-state index in [2.05, 4.69) is 5.32 Å². The topological polar surface area (TPSA) is 66.4 Å². The molecule has 4 nitrogen and oxygen atoms in total. The van der Waals surface area contributed by atoms with E-state index in [1.807, 2.05) is 13.0 Å². The maximum Gasteiger partial charge on any atom is 0.333 e. The van der Waals surface area contributed by atoms with Crippen LogP contribution >= 0.6 is 0 Å². The van der Waals surface area contributed by atoms with Crippen molar-refractivity contribution in [1.29, 1.82) is 0 Å². The molecule has 1 unspecified atom stereocenters. The lowest BCUT2D eigenvalue weighted by molar-refractivity contribution is -0.149. The molecule has 1 amide bonds. The monoisotopic (exact) mass is 289 g/mol. The van der Waals surface area contributed by atoms with Crippen molar-refractivity contribution < 1.29 is 14.7 Å². The standard InChI is InChI=1S/C17H23NO3/c1-16(11-7-4-8-12-16)14(19)18-17(2,15(20)21)13-9-5-3-6-10-13/h3,5-6,9-10H,4,7-8,11-12H2,1-2H3,(H,18,19)(H,20,21). The van der Waals surface area contributed by atoms with Gasteiger partial charge in [0.1, 0.15) is 0 Å². The second-order valence-corrected chi connectivity index (χ2v) is 6.37. The third-order valence-corrected chi connectivity index (χ3v) is 4.65. The molecule has 0 aromatic heterocycles. The number of carbonyl (C=O) groups is 2. The number of amides is 1. The van der Waals surface area contributed by atoms with Crippen LogP contribution in [0.3, 0.4) is 0 Å². The lowest BCUT2D eigenvalue weighted by Crippen LogP contribution is -2.54. The van der Waals surface area contributed by atoms with Gasteiger partial charge in [-0.3, -0.25) is 4.79 Å². The smallest absolute Gasteiger partial charge is 0.333 e. The van der Waals surface area contributed by atoms with Gasteiger partial charge in [0.15, 0.2) is 5.54 Å². The van der Waals surface area contributed by atoms with Gasteiger partial charge in [-0.1, -0.05) is 56.5 Å². The summed E-state index contributed by atoms with van der Waals surface area (Å²) in [5.41, 5.74) is -1.26. The number of carbonyl (C=O) groups excluding carboxylic acids is 1. The molecule has 1 aromatic rings. The molecule has 2 N–H and O–H groups in total. The quantitative estimate of drug-likeness (QED) is 0.895. The predicted molar refractivity (Wildman–Crippen MR) is 80.8 cm³/mol. The zero-order chi connectivity index (χ0) is 15.5. The molecule has 0 heterocycles. The van der Waals surface area contributed by atoms with Crippen LogP contribution in [0, 0.1) is 5.41 Å². The number of carboxylic acids is 1. The molecule has 1 atom stereocenters. The molecule has 1 aliphatic carbocycles. The van der Waals surface area contributed by atoms with E-state index in [4.69, 9.17) is 0 Å². The lowest BCUT2D eigenvalue weighted by atomic mass is 9.74. The Bertz CT molecular complexity index is 520. The highest BCUT2D eigenvalue weighted by atomic mass is 16.4. The summed E-state index contributed by atoms with van der Waals surface area (Å²) in [4.78, 5) is 24.4. The molecule has 21 heavy (non-hydrogen) atoms. The van der Waals surface area contributed by atoms with Crippen molar-refractivity contribution in [3.05, 3.63) is 35.9 Å². The summed E-state index contributed by atoms with van der Waals surface area (Å²) in [5.74, 6) is -1.20. The first-order valence-corrected chi connectivity index (χ1v) is 7.50. The molecule has 4 heteroatoms. The van der Waals surface area contributed by atoms with Gasteiger partial charge in [0.05, 0.1) is 0 Å². The Morgan fingerprint density at radius 1 is 1.14 bits per heavy atom. The Kier molecular flexibility index (Phi) is 4.35. The van der Waals surface area contributed by atoms with Crippen LogP contribution in [0.25, 0.3) is 0 Å². The predicted octanol–water partition coefficient (Wildman–Crippen LogP) is 3.07. The Labute approximate surface area is 125 Å². The fourth-order valence-corrected chi connectivity index (χ4v) is 2.96. The van der Waals surface area contributed by atoms with Crippen LogP contribution in [0.4, 0.5) is 0 Å². The van der Waals surface area contributed by atoms with E-state index in [9.17, 15) is 14.7 Å². The van der Waals surface area contributed by atoms with Crippen LogP contribution in [0.15, 0.2) is 30.3 Å². The van der Waals surface area contributed by atoms with E-state index < -0.39 is 16.9 Å². The minimum Gasteiger partial charge on any atom is -0.479 e. The summed E-state index contributed by atoms with van der Waals surface area (Å²) in [7, 11) is 0. The molecule has 114 valence electrons. The second-order valence-electron chi connectivity index (χ2n) is 6.37. The minimum atomic E-state index is -1.39. The molecular weight excluding hydrogens is 266 g/mol. The van der Waals surface area contributed by atoms with Gasteiger partial charge in [-0.25, -0.2) is 4.79 Å². The Balaban J connectivity index is 2.24. The highest BCUT2D eigenvalue weighted by molar-refractivity contribution is 5.90. The summed E-state index contributed by atoms with van der Waals surface area (Å²) in [6.07, 6.45) is 4.85. The van der Waals surface area contributed by atoms with E-state index in [-0.39, 0.29) is 5.91 Å². The zero-order valence-corrected chi connectivity index (χ0v) is 12.7. The van der Waals surface area contributed by atoms with Crippen LogP contribution in [0.5, 0.6) is 0 Å². The number of benzene rings is 1. The van der Waals surface area contributed by atoms with Crippen molar-refractivity contribution in [3.8, 4) is 0 Å². The fraction of sp³-hybridized carbons (Fsp3) is 0.529. The van der Waals surface area contributed by atoms with Crippen molar-refractivity contribution in [2.75, 3.05) is 0 Å². The molecule has 0 saturated heterocycles. The molecule has 1 aliphatic rings. The van der Waals surface area contributed by atoms with Crippen molar-refractivity contribution in [2.45, 2.75) is 51.5 Å². The lowest BCUT2D eigenvalue weighted by Gasteiger charge is -2.36. The number of hydrogen-bond acceptors (Lipinski definition) is 2. The summed E-state index contributed by atoms with van der Waals surface area (Å²) in [6, 6.07) is 8.86. The van der Waals surface area contributed by atoms with E-state index in [1.165, 1.54) is 0 Å². The molecular formula is C17H23NO3. The highest BCUT2D eigenvalue weighted by Gasteiger charge is 2.42. The van der Waals surface area contributed by atoms with Crippen LogP contribution < -0.4 is 5.32 Å². The van der Waals surface area contributed by atoms with Crippen LogP contribution in [-0.2, 0) is 15.1 Å². The molecule has 0 radical (unpaired) electrons. The molecule has 2 rings (SSSR count). The molecule has 1 saturated carbocycles. The molecule has 1 fully saturated rings. The highest BCUT2D eigenvalue weighted by Crippen LogP contribution is 2.37. The first-order valence-electron chi connectivity index (χ1n) is 7.50. The largest absolute Gasteiger partial charge is 0.479 e. The maximum absolute atomic E-state index is 12.6. The van der Waals surface area contributed by atoms with E-state index in [0.717, 1.165) is 32.1 Å². The van der Waals surface area contributed by atoms with Crippen molar-refractivity contribution in [3.63, 3.8) is 0 Å². The van der Waals surface area contributed by atoms with Gasteiger partial charge in [0.2, 0.25) is 5.91 Å². The van der Waals surface area contributed by atoms with Gasteiger partial charge >= 0.3 is 5.97 Å². The van der Waals surface area contributed by atoms with Gasteiger partial charge in [-0.05, 0) is 25.3 Å². The van der Waals surface area contributed by atoms with Crippen LogP contribution in [0.2, 0.25) is 0 Å². The SMILES string of the molecule is CC1(C(=O)NC(C)(C(=O)O)c2ccccc2)CCCCC1. The van der Waals surface area contributed by atoms with Crippen molar-refractivity contribution >= 4 is 11.9 Å². The second kappa shape index (κ2) is 5.88. The van der Waals surface area contributed by atoms with E-state index >= 15 is 0 Å². The Hall–Kier alpha value is -1.84. The van der Waals surface area contributed by atoms with E-state index in [0.29, 0.717) is 5.56 Å². The summed E-state index contributed by atoms with van der Waals surface area (Å²) in [6.45, 7) is 3.49. The maximum atomic E-state index is 12.6. The summed E-state index contributed by atoms with van der Waals surface area (Å²) < 4.78 is 0. The van der Waals surface area contributed by atoms with Gasteiger partial charge in [-0.2, -0.15) is 0 Å². The van der Waals surface area contributed by atoms with Crippen LogP contribution in [-0.4, -0.2) is 17.0 Å².